The predicted molar refractivity (Wildman–Crippen MR) is 75.3 cm³/mol. The quantitative estimate of drug-likeness (QED) is 0.721. The Morgan fingerprint density at radius 2 is 1.85 bits per heavy atom. The average Bonchev–Trinajstić information content (AvgIpc) is 2.37. The zero-order chi connectivity index (χ0) is 14.8. The maximum atomic E-state index is 12.1. The minimum atomic E-state index is -3.79. The molecule has 8 heteroatoms. The van der Waals surface area contributed by atoms with Gasteiger partial charge in [0.05, 0.1) is 17.7 Å². The van der Waals surface area contributed by atoms with Gasteiger partial charge >= 0.3 is 0 Å². The van der Waals surface area contributed by atoms with E-state index in [1.165, 1.54) is 37.4 Å². The third-order valence-electron chi connectivity index (χ3n) is 2.48. The molecule has 0 radical (unpaired) electrons. The third kappa shape index (κ3) is 3.09. The van der Waals surface area contributed by atoms with Gasteiger partial charge in [0.15, 0.2) is 5.88 Å². The van der Waals surface area contributed by atoms with Crippen molar-refractivity contribution in [1.82, 2.24) is 4.98 Å². The molecule has 0 saturated heterocycles. The van der Waals surface area contributed by atoms with E-state index in [0.29, 0.717) is 5.69 Å². The van der Waals surface area contributed by atoms with Gasteiger partial charge in [0, 0.05) is 17.8 Å². The smallest absolute Gasteiger partial charge is 0.261 e. The number of methoxy groups -OCH3 is 1. The van der Waals surface area contributed by atoms with Crippen LogP contribution in [0.5, 0.6) is 5.88 Å². The van der Waals surface area contributed by atoms with E-state index in [4.69, 9.17) is 10.5 Å². The first-order chi connectivity index (χ1) is 9.40. The first-order valence-corrected chi connectivity index (χ1v) is 7.06. The molecule has 0 unspecified atom stereocenters. The molecule has 0 bridgehead atoms. The number of hydrogen-bond donors (Lipinski definition) is 3. The molecule has 0 aliphatic rings. The number of hydrogen-bond acceptors (Lipinski definition) is 5. The van der Waals surface area contributed by atoms with Crippen molar-refractivity contribution >= 4 is 21.4 Å². The molecule has 1 aromatic carbocycles. The van der Waals surface area contributed by atoms with E-state index < -0.39 is 15.6 Å². The molecular weight excluding hydrogens is 282 g/mol. The van der Waals surface area contributed by atoms with Crippen LogP contribution >= 0.6 is 0 Å². The standard InChI is InChI=1S/C12H13N3O4S/c1-19-12-7-9(6-11(16)14-12)15-20(17,18)10-4-2-8(13)3-5-10/h2-7H,13H2,1H3,(H2,14,15,16). The Balaban J connectivity index is 2.35. The SMILES string of the molecule is COc1cc(NS(=O)(=O)c2ccc(N)cc2)cc(=O)[nH]1. The van der Waals surface area contributed by atoms with E-state index in [0.717, 1.165) is 6.07 Å². The summed E-state index contributed by atoms with van der Waals surface area (Å²) in [6, 6.07) is 8.21. The monoisotopic (exact) mass is 295 g/mol. The lowest BCUT2D eigenvalue weighted by molar-refractivity contribution is 0.397. The summed E-state index contributed by atoms with van der Waals surface area (Å²) in [7, 11) is -2.42. The number of aromatic nitrogens is 1. The van der Waals surface area contributed by atoms with Crippen molar-refractivity contribution in [1.29, 1.82) is 0 Å². The topological polar surface area (TPSA) is 114 Å². The molecule has 7 nitrogen and oxygen atoms in total. The van der Waals surface area contributed by atoms with Gasteiger partial charge in [-0.2, -0.15) is 0 Å². The Hall–Kier alpha value is -2.48. The van der Waals surface area contributed by atoms with E-state index in [2.05, 4.69) is 9.71 Å². The Kier molecular flexibility index (Phi) is 3.66. The van der Waals surface area contributed by atoms with Gasteiger partial charge in [-0.3, -0.25) is 14.5 Å². The second kappa shape index (κ2) is 5.25. The number of ether oxygens (including phenoxy) is 1. The lowest BCUT2D eigenvalue weighted by Gasteiger charge is -2.09. The largest absolute Gasteiger partial charge is 0.482 e. The van der Waals surface area contributed by atoms with Crippen molar-refractivity contribution in [2.24, 2.45) is 0 Å². The van der Waals surface area contributed by atoms with E-state index in [-0.39, 0.29) is 16.5 Å². The summed E-state index contributed by atoms with van der Waals surface area (Å²) in [5, 5.41) is 0. The molecular formula is C12H13N3O4S. The molecule has 2 aromatic rings. The van der Waals surface area contributed by atoms with Gasteiger partial charge < -0.3 is 10.5 Å². The van der Waals surface area contributed by atoms with Gasteiger partial charge in [-0.25, -0.2) is 8.42 Å². The number of nitrogen functional groups attached to an aromatic ring is 1. The van der Waals surface area contributed by atoms with E-state index in [1.54, 1.807) is 0 Å². The molecule has 1 aromatic heterocycles. The Morgan fingerprint density at radius 1 is 1.20 bits per heavy atom. The summed E-state index contributed by atoms with van der Waals surface area (Å²) >= 11 is 0. The molecule has 0 spiro atoms. The van der Waals surface area contributed by atoms with Crippen LogP contribution in [0.15, 0.2) is 46.1 Å². The van der Waals surface area contributed by atoms with Crippen LogP contribution in [0.1, 0.15) is 0 Å². The molecule has 0 saturated carbocycles. The average molecular weight is 295 g/mol. The summed E-state index contributed by atoms with van der Waals surface area (Å²) in [6.45, 7) is 0. The summed E-state index contributed by atoms with van der Waals surface area (Å²) in [5.74, 6) is 0.160. The maximum absolute atomic E-state index is 12.1. The molecule has 0 aliphatic carbocycles. The van der Waals surface area contributed by atoms with Crippen molar-refractivity contribution < 1.29 is 13.2 Å². The maximum Gasteiger partial charge on any atom is 0.261 e. The number of aromatic amines is 1. The molecule has 20 heavy (non-hydrogen) atoms. The highest BCUT2D eigenvalue weighted by Gasteiger charge is 2.14. The number of nitrogens with two attached hydrogens (primary N) is 1. The molecule has 1 heterocycles. The molecule has 106 valence electrons. The highest BCUT2D eigenvalue weighted by Crippen LogP contribution is 2.18. The van der Waals surface area contributed by atoms with E-state index in [1.807, 2.05) is 0 Å². The van der Waals surface area contributed by atoms with Crippen LogP contribution in [0.4, 0.5) is 11.4 Å². The van der Waals surface area contributed by atoms with Gasteiger partial charge in [-0.1, -0.05) is 0 Å². The van der Waals surface area contributed by atoms with Crippen LogP contribution < -0.4 is 20.8 Å². The van der Waals surface area contributed by atoms with Gasteiger partial charge in [-0.15, -0.1) is 0 Å². The first-order valence-electron chi connectivity index (χ1n) is 5.57. The zero-order valence-electron chi connectivity index (χ0n) is 10.6. The highest BCUT2D eigenvalue weighted by molar-refractivity contribution is 7.92. The van der Waals surface area contributed by atoms with Crippen LogP contribution in [0.25, 0.3) is 0 Å². The molecule has 0 atom stereocenters. The van der Waals surface area contributed by atoms with Crippen molar-refractivity contribution in [2.75, 3.05) is 17.6 Å². The predicted octanol–water partition coefficient (Wildman–Crippen LogP) is 0.766. The normalized spacial score (nSPS) is 11.1. The van der Waals surface area contributed by atoms with Gasteiger partial charge in [-0.05, 0) is 24.3 Å². The number of sulfonamides is 1. The Bertz CT molecular complexity index is 766. The number of nitrogens with one attached hydrogen (secondary N) is 2. The van der Waals surface area contributed by atoms with E-state index >= 15 is 0 Å². The van der Waals surface area contributed by atoms with Crippen molar-refractivity contribution in [2.45, 2.75) is 4.90 Å². The van der Waals surface area contributed by atoms with Crippen molar-refractivity contribution in [3.8, 4) is 5.88 Å². The fourth-order valence-corrected chi connectivity index (χ4v) is 2.59. The second-order valence-electron chi connectivity index (χ2n) is 3.98. The number of rotatable bonds is 4. The third-order valence-corrected chi connectivity index (χ3v) is 3.88. The summed E-state index contributed by atoms with van der Waals surface area (Å²) < 4.78 is 31.4. The van der Waals surface area contributed by atoms with E-state index in [9.17, 15) is 13.2 Å². The lowest BCUT2D eigenvalue weighted by Crippen LogP contribution is -2.15. The van der Waals surface area contributed by atoms with Crippen LogP contribution in [-0.4, -0.2) is 20.5 Å². The molecule has 0 fully saturated rings. The number of H-pyrrole nitrogens is 1. The van der Waals surface area contributed by atoms with Gasteiger partial charge in [0.2, 0.25) is 0 Å². The highest BCUT2D eigenvalue weighted by atomic mass is 32.2. The van der Waals surface area contributed by atoms with Crippen LogP contribution in [0, 0.1) is 0 Å². The Labute approximate surface area is 115 Å². The molecule has 0 amide bonds. The molecule has 4 N–H and O–H groups in total. The van der Waals surface area contributed by atoms with Crippen molar-refractivity contribution in [3.05, 3.63) is 46.8 Å². The number of anilines is 2. The Morgan fingerprint density at radius 3 is 2.45 bits per heavy atom. The van der Waals surface area contributed by atoms with Gasteiger partial charge in [0.25, 0.3) is 15.6 Å². The first kappa shape index (κ1) is 13.9. The molecule has 0 aliphatic heterocycles. The summed E-state index contributed by atoms with van der Waals surface area (Å²) in [5.41, 5.74) is 5.60. The number of pyridine rings is 1. The van der Waals surface area contributed by atoms with Crippen LogP contribution in [0.2, 0.25) is 0 Å². The lowest BCUT2D eigenvalue weighted by atomic mass is 10.3. The van der Waals surface area contributed by atoms with Gasteiger partial charge in [0.1, 0.15) is 0 Å². The van der Waals surface area contributed by atoms with Crippen LogP contribution in [-0.2, 0) is 10.0 Å². The summed E-state index contributed by atoms with van der Waals surface area (Å²) in [6.07, 6.45) is 0. The minimum absolute atomic E-state index is 0.0472. The minimum Gasteiger partial charge on any atom is -0.482 e. The second-order valence-corrected chi connectivity index (χ2v) is 5.66. The fraction of sp³-hybridized carbons (Fsp3) is 0.0833. The zero-order valence-corrected chi connectivity index (χ0v) is 11.4. The number of benzene rings is 1. The fourth-order valence-electron chi connectivity index (χ4n) is 1.55. The van der Waals surface area contributed by atoms with Crippen LogP contribution in [0.3, 0.4) is 0 Å². The van der Waals surface area contributed by atoms with Crippen molar-refractivity contribution in [3.63, 3.8) is 0 Å². The molecule has 2 rings (SSSR count). The summed E-state index contributed by atoms with van der Waals surface area (Å²) in [4.78, 5) is 13.8.